The number of nitrogens with zero attached hydrogens (tertiary/aromatic N) is 4. The summed E-state index contributed by atoms with van der Waals surface area (Å²) in [6.07, 6.45) is 4.90. The molecule has 9 heteroatoms. The van der Waals surface area contributed by atoms with Gasteiger partial charge in [-0.1, -0.05) is 60.1 Å². The Kier molecular flexibility index (Phi) is 6.95. The molecule has 0 aliphatic rings. The minimum atomic E-state index is -0.351. The van der Waals surface area contributed by atoms with Crippen LogP contribution in [0.5, 0.6) is 11.5 Å². The smallest absolute Gasteiger partial charge is 0.276 e. The average molecular weight is 500 g/mol. The molecule has 5 rings (SSSR count). The van der Waals surface area contributed by atoms with Crippen LogP contribution in [0.1, 0.15) is 10.5 Å². The molecular weight excluding hydrogens is 478 g/mol. The number of carbonyl (C=O) groups is 1. The maximum absolute atomic E-state index is 12.6. The molecule has 1 N–H and O–H groups in total. The van der Waals surface area contributed by atoms with Gasteiger partial charge >= 0.3 is 0 Å². The van der Waals surface area contributed by atoms with Crippen molar-refractivity contribution < 1.29 is 14.3 Å². The number of nitrogens with one attached hydrogen (secondary N) is 1. The van der Waals surface area contributed by atoms with Crippen LogP contribution in [-0.2, 0) is 13.5 Å². The molecule has 0 aliphatic heterocycles. The van der Waals surface area contributed by atoms with E-state index in [-0.39, 0.29) is 25.1 Å². The molecule has 0 saturated heterocycles. The first-order valence-corrected chi connectivity index (χ1v) is 11.5. The van der Waals surface area contributed by atoms with E-state index in [1.54, 1.807) is 58.3 Å². The standard InChI is InChI=1S/C27H22ClN5O3/c28-22-7-4-8-25(15-22)36-19-33-17-23(16-29-33)30-27(34)26-13-14-32(31-26)18-35-24-11-9-21(10-12-24)20-5-2-1-3-6-20/h1-17H,18-19H2,(H,30,34). The van der Waals surface area contributed by atoms with Crippen LogP contribution >= 0.6 is 11.6 Å². The third-order valence-corrected chi connectivity index (χ3v) is 5.48. The lowest BCUT2D eigenvalue weighted by atomic mass is 10.1. The number of carbonyl (C=O) groups excluding carboxylic acids is 1. The number of halogens is 1. The molecule has 0 bridgehead atoms. The van der Waals surface area contributed by atoms with Crippen molar-refractivity contribution in [2.45, 2.75) is 13.5 Å². The van der Waals surface area contributed by atoms with E-state index in [0.717, 1.165) is 11.1 Å². The number of amides is 1. The number of benzene rings is 3. The molecule has 36 heavy (non-hydrogen) atoms. The average Bonchev–Trinajstić information content (AvgIpc) is 3.57. The number of rotatable bonds is 9. The van der Waals surface area contributed by atoms with E-state index in [0.29, 0.717) is 22.2 Å². The highest BCUT2D eigenvalue weighted by molar-refractivity contribution is 6.30. The predicted octanol–water partition coefficient (Wildman–Crippen LogP) is 5.73. The van der Waals surface area contributed by atoms with Crippen molar-refractivity contribution in [2.24, 2.45) is 0 Å². The number of hydrogen-bond acceptors (Lipinski definition) is 5. The highest BCUT2D eigenvalue weighted by Gasteiger charge is 2.11. The first-order valence-electron chi connectivity index (χ1n) is 11.2. The van der Waals surface area contributed by atoms with Gasteiger partial charge in [0.1, 0.15) is 11.5 Å². The van der Waals surface area contributed by atoms with Crippen LogP contribution in [-0.4, -0.2) is 25.5 Å². The molecule has 0 spiro atoms. The van der Waals surface area contributed by atoms with Crippen molar-refractivity contribution in [1.29, 1.82) is 0 Å². The number of anilines is 1. The Bertz CT molecular complexity index is 1450. The van der Waals surface area contributed by atoms with Crippen LogP contribution < -0.4 is 14.8 Å². The van der Waals surface area contributed by atoms with Crippen molar-refractivity contribution in [3.05, 3.63) is 114 Å². The molecule has 180 valence electrons. The van der Waals surface area contributed by atoms with Crippen LogP contribution in [0, 0.1) is 0 Å². The summed E-state index contributed by atoms with van der Waals surface area (Å²) >= 11 is 5.96. The lowest BCUT2D eigenvalue weighted by Crippen LogP contribution is -2.14. The maximum Gasteiger partial charge on any atom is 0.276 e. The van der Waals surface area contributed by atoms with Crippen LogP contribution in [0.2, 0.25) is 5.02 Å². The highest BCUT2D eigenvalue weighted by atomic mass is 35.5. The fourth-order valence-electron chi connectivity index (χ4n) is 3.46. The second kappa shape index (κ2) is 10.8. The number of ether oxygens (including phenoxy) is 2. The van der Waals surface area contributed by atoms with E-state index in [4.69, 9.17) is 21.1 Å². The van der Waals surface area contributed by atoms with Gasteiger partial charge in [-0.2, -0.15) is 10.2 Å². The molecule has 0 unspecified atom stereocenters. The predicted molar refractivity (Wildman–Crippen MR) is 137 cm³/mol. The molecule has 2 aromatic heterocycles. The van der Waals surface area contributed by atoms with Gasteiger partial charge in [0.15, 0.2) is 19.2 Å². The molecule has 0 saturated carbocycles. The molecule has 0 atom stereocenters. The number of aromatic nitrogens is 4. The van der Waals surface area contributed by atoms with Crippen molar-refractivity contribution in [3.63, 3.8) is 0 Å². The van der Waals surface area contributed by atoms with Gasteiger partial charge in [-0.15, -0.1) is 0 Å². The molecule has 5 aromatic rings. The van der Waals surface area contributed by atoms with Gasteiger partial charge in [0.25, 0.3) is 5.91 Å². The second-order valence-electron chi connectivity index (χ2n) is 7.86. The van der Waals surface area contributed by atoms with Crippen molar-refractivity contribution in [2.75, 3.05) is 5.32 Å². The zero-order chi connectivity index (χ0) is 24.7. The van der Waals surface area contributed by atoms with Crippen LogP contribution in [0.25, 0.3) is 11.1 Å². The van der Waals surface area contributed by atoms with Gasteiger partial charge in [0.2, 0.25) is 0 Å². The summed E-state index contributed by atoms with van der Waals surface area (Å²) in [7, 11) is 0. The summed E-state index contributed by atoms with van der Waals surface area (Å²) in [6.45, 7) is 0.352. The van der Waals surface area contributed by atoms with Gasteiger partial charge in [-0.3, -0.25) is 4.79 Å². The van der Waals surface area contributed by atoms with Crippen molar-refractivity contribution in [3.8, 4) is 22.6 Å². The minimum Gasteiger partial charge on any atom is -0.471 e. The molecule has 3 aromatic carbocycles. The van der Waals surface area contributed by atoms with Gasteiger partial charge in [-0.05, 0) is 47.5 Å². The zero-order valence-corrected chi connectivity index (χ0v) is 19.9. The third kappa shape index (κ3) is 5.92. The first-order chi connectivity index (χ1) is 17.6. The summed E-state index contributed by atoms with van der Waals surface area (Å²) < 4.78 is 14.6. The van der Waals surface area contributed by atoms with Gasteiger partial charge in [0.05, 0.1) is 18.1 Å². The summed E-state index contributed by atoms with van der Waals surface area (Å²) in [5.74, 6) is 0.989. The highest BCUT2D eigenvalue weighted by Crippen LogP contribution is 2.22. The fraction of sp³-hybridized carbons (Fsp3) is 0.0741. The Labute approximate surface area is 212 Å². The first kappa shape index (κ1) is 23.2. The summed E-state index contributed by atoms with van der Waals surface area (Å²) in [5, 5.41) is 11.9. The Morgan fingerprint density at radius 3 is 2.39 bits per heavy atom. The minimum absolute atomic E-state index is 0.175. The summed E-state index contributed by atoms with van der Waals surface area (Å²) in [4.78, 5) is 12.6. The van der Waals surface area contributed by atoms with Crippen molar-refractivity contribution in [1.82, 2.24) is 19.6 Å². The van der Waals surface area contributed by atoms with E-state index < -0.39 is 0 Å². The number of hydrogen-bond donors (Lipinski definition) is 1. The fourth-order valence-corrected chi connectivity index (χ4v) is 3.64. The lowest BCUT2D eigenvalue weighted by molar-refractivity contribution is 0.102. The monoisotopic (exact) mass is 499 g/mol. The van der Waals surface area contributed by atoms with Gasteiger partial charge < -0.3 is 14.8 Å². The van der Waals surface area contributed by atoms with Crippen LogP contribution in [0.4, 0.5) is 5.69 Å². The Morgan fingerprint density at radius 2 is 1.58 bits per heavy atom. The largest absolute Gasteiger partial charge is 0.471 e. The van der Waals surface area contributed by atoms with E-state index in [2.05, 4.69) is 27.6 Å². The Morgan fingerprint density at radius 1 is 0.833 bits per heavy atom. The molecule has 0 aliphatic carbocycles. The normalized spacial score (nSPS) is 10.7. The lowest BCUT2D eigenvalue weighted by Gasteiger charge is -2.07. The Balaban J connectivity index is 1.12. The van der Waals surface area contributed by atoms with Crippen LogP contribution in [0.3, 0.4) is 0 Å². The maximum atomic E-state index is 12.6. The zero-order valence-electron chi connectivity index (χ0n) is 19.1. The molecule has 2 heterocycles. The van der Waals surface area contributed by atoms with E-state index in [9.17, 15) is 4.79 Å². The van der Waals surface area contributed by atoms with Crippen molar-refractivity contribution >= 4 is 23.2 Å². The molecular formula is C27H22ClN5O3. The SMILES string of the molecule is O=C(Nc1cnn(COc2cccc(Cl)c2)c1)c1ccn(COc2ccc(-c3ccccc3)cc2)n1. The molecule has 0 fully saturated rings. The molecule has 1 amide bonds. The topological polar surface area (TPSA) is 83.2 Å². The summed E-state index contributed by atoms with van der Waals surface area (Å²) in [6, 6.07) is 26.7. The second-order valence-corrected chi connectivity index (χ2v) is 8.29. The molecule has 0 radical (unpaired) electrons. The van der Waals surface area contributed by atoms with Gasteiger partial charge in [-0.25, -0.2) is 9.36 Å². The van der Waals surface area contributed by atoms with E-state index >= 15 is 0 Å². The molecule has 8 nitrogen and oxygen atoms in total. The quantitative estimate of drug-likeness (QED) is 0.280. The van der Waals surface area contributed by atoms with E-state index in [1.807, 2.05) is 42.5 Å². The summed E-state index contributed by atoms with van der Waals surface area (Å²) in [5.41, 5.74) is 3.05. The van der Waals surface area contributed by atoms with Gasteiger partial charge in [0, 0.05) is 11.2 Å². The van der Waals surface area contributed by atoms with Crippen LogP contribution in [0.15, 0.2) is 104 Å². The third-order valence-electron chi connectivity index (χ3n) is 5.25. The van der Waals surface area contributed by atoms with E-state index in [1.165, 1.54) is 0 Å². The Hall–Kier alpha value is -4.56.